The van der Waals surface area contributed by atoms with E-state index in [1.54, 1.807) is 7.05 Å². The summed E-state index contributed by atoms with van der Waals surface area (Å²) < 4.78 is 25.1. The number of halogens is 2. The monoisotopic (exact) mass is 158 g/mol. The maximum atomic E-state index is 12.7. The number of nitrogens with zero attached hydrogens (tertiary/aromatic N) is 1. The van der Waals surface area contributed by atoms with Crippen LogP contribution in [-0.4, -0.2) is 12.0 Å². The minimum Gasteiger partial charge on any atom is -0.316 e. The van der Waals surface area contributed by atoms with Gasteiger partial charge in [0.2, 0.25) is 5.95 Å². The maximum absolute atomic E-state index is 12.7. The summed E-state index contributed by atoms with van der Waals surface area (Å²) in [6.07, 6.45) is 0.877. The molecule has 60 valence electrons. The molecule has 1 N–H and O–H groups in total. The van der Waals surface area contributed by atoms with Crippen molar-refractivity contribution in [2.45, 2.75) is 6.54 Å². The fraction of sp³-hybridized carbons (Fsp3) is 0.286. The quantitative estimate of drug-likeness (QED) is 0.651. The molecule has 1 aromatic rings. The molecule has 0 aliphatic rings. The van der Waals surface area contributed by atoms with E-state index in [2.05, 4.69) is 10.3 Å². The van der Waals surface area contributed by atoms with E-state index >= 15 is 0 Å². The van der Waals surface area contributed by atoms with Crippen LogP contribution >= 0.6 is 0 Å². The molecule has 1 heterocycles. The first-order chi connectivity index (χ1) is 5.24. The molecule has 0 unspecified atom stereocenters. The van der Waals surface area contributed by atoms with Crippen LogP contribution in [0.1, 0.15) is 5.56 Å². The third-order valence-electron chi connectivity index (χ3n) is 1.27. The number of nitrogens with one attached hydrogen (secondary N) is 1. The van der Waals surface area contributed by atoms with Crippen LogP contribution in [0.3, 0.4) is 0 Å². The summed E-state index contributed by atoms with van der Waals surface area (Å²) in [4.78, 5) is 3.15. The topological polar surface area (TPSA) is 24.9 Å². The summed E-state index contributed by atoms with van der Waals surface area (Å²) in [5, 5.41) is 2.72. The summed E-state index contributed by atoms with van der Waals surface area (Å²) in [6.45, 7) is 0.311. The molecule has 0 amide bonds. The predicted octanol–water partition coefficient (Wildman–Crippen LogP) is 1.08. The maximum Gasteiger partial charge on any atom is 0.213 e. The van der Waals surface area contributed by atoms with Crippen molar-refractivity contribution in [3.63, 3.8) is 0 Å². The molecule has 1 aromatic heterocycles. The van der Waals surface area contributed by atoms with E-state index in [4.69, 9.17) is 0 Å². The van der Waals surface area contributed by atoms with Crippen LogP contribution in [-0.2, 0) is 6.54 Å². The van der Waals surface area contributed by atoms with Gasteiger partial charge in [-0.05, 0) is 7.05 Å². The Morgan fingerprint density at radius 2 is 2.27 bits per heavy atom. The lowest BCUT2D eigenvalue weighted by atomic mass is 10.2. The van der Waals surface area contributed by atoms with E-state index in [0.29, 0.717) is 12.1 Å². The molecule has 0 atom stereocenters. The Kier molecular flexibility index (Phi) is 2.48. The van der Waals surface area contributed by atoms with E-state index < -0.39 is 11.8 Å². The zero-order chi connectivity index (χ0) is 8.27. The smallest absolute Gasteiger partial charge is 0.213 e. The van der Waals surface area contributed by atoms with Gasteiger partial charge < -0.3 is 5.32 Å². The molecular weight excluding hydrogens is 150 g/mol. The van der Waals surface area contributed by atoms with Crippen molar-refractivity contribution in [3.05, 3.63) is 29.6 Å². The van der Waals surface area contributed by atoms with Crippen molar-refractivity contribution >= 4 is 0 Å². The lowest BCUT2D eigenvalue weighted by Gasteiger charge is -1.99. The van der Waals surface area contributed by atoms with Crippen molar-refractivity contribution < 1.29 is 8.78 Å². The van der Waals surface area contributed by atoms with Crippen LogP contribution in [0.5, 0.6) is 0 Å². The first-order valence-electron chi connectivity index (χ1n) is 3.18. The van der Waals surface area contributed by atoms with Gasteiger partial charge in [-0.1, -0.05) is 0 Å². The van der Waals surface area contributed by atoms with Crippen LogP contribution in [0.2, 0.25) is 0 Å². The van der Waals surface area contributed by atoms with Gasteiger partial charge in [-0.15, -0.1) is 0 Å². The summed E-state index contributed by atoms with van der Waals surface area (Å²) in [6, 6.07) is 1.08. The van der Waals surface area contributed by atoms with Gasteiger partial charge in [0.15, 0.2) is 0 Å². The Labute approximate surface area is 63.3 Å². The van der Waals surface area contributed by atoms with E-state index in [-0.39, 0.29) is 0 Å². The minimum absolute atomic E-state index is 0.292. The molecule has 0 aliphatic carbocycles. The third kappa shape index (κ3) is 1.94. The molecule has 0 aliphatic heterocycles. The minimum atomic E-state index is -0.656. The van der Waals surface area contributed by atoms with Crippen LogP contribution in [0.25, 0.3) is 0 Å². The van der Waals surface area contributed by atoms with E-state index in [9.17, 15) is 8.78 Å². The second-order valence-electron chi connectivity index (χ2n) is 2.13. The average molecular weight is 158 g/mol. The lowest BCUT2D eigenvalue weighted by molar-refractivity contribution is 0.545. The Balaban J connectivity index is 2.93. The molecule has 0 fully saturated rings. The summed E-state index contributed by atoms with van der Waals surface area (Å²) in [7, 11) is 1.66. The van der Waals surface area contributed by atoms with Gasteiger partial charge in [0.05, 0.1) is 6.20 Å². The molecule has 0 bridgehead atoms. The second-order valence-corrected chi connectivity index (χ2v) is 2.13. The number of aromatic nitrogens is 1. The average Bonchev–Trinajstić information content (AvgIpc) is 1.98. The van der Waals surface area contributed by atoms with Gasteiger partial charge >= 0.3 is 0 Å². The zero-order valence-electron chi connectivity index (χ0n) is 6.06. The van der Waals surface area contributed by atoms with Gasteiger partial charge in [0.25, 0.3) is 0 Å². The zero-order valence-corrected chi connectivity index (χ0v) is 6.06. The molecule has 0 saturated carbocycles. The molecule has 1 rings (SSSR count). The van der Waals surface area contributed by atoms with Crippen molar-refractivity contribution in [2.24, 2.45) is 0 Å². The molecule has 0 aromatic carbocycles. The van der Waals surface area contributed by atoms with Gasteiger partial charge in [0.1, 0.15) is 5.82 Å². The Morgan fingerprint density at radius 1 is 1.55 bits per heavy atom. The molecule has 0 spiro atoms. The summed E-state index contributed by atoms with van der Waals surface area (Å²) in [5.41, 5.74) is 0.292. The van der Waals surface area contributed by atoms with Crippen molar-refractivity contribution in [2.75, 3.05) is 7.05 Å². The highest BCUT2D eigenvalue weighted by molar-refractivity contribution is 5.12. The number of hydrogen-bond donors (Lipinski definition) is 1. The van der Waals surface area contributed by atoms with Crippen molar-refractivity contribution in [3.8, 4) is 0 Å². The summed E-state index contributed by atoms with van der Waals surface area (Å²) in [5.74, 6) is -1.14. The highest BCUT2D eigenvalue weighted by Crippen LogP contribution is 2.05. The molecule has 4 heteroatoms. The van der Waals surface area contributed by atoms with E-state index in [0.717, 1.165) is 12.3 Å². The Bertz CT molecular complexity index is 250. The van der Waals surface area contributed by atoms with E-state index in [1.807, 2.05) is 0 Å². The highest BCUT2D eigenvalue weighted by atomic mass is 19.1. The van der Waals surface area contributed by atoms with Crippen molar-refractivity contribution in [1.29, 1.82) is 0 Å². The van der Waals surface area contributed by atoms with Crippen LogP contribution in [0.4, 0.5) is 8.78 Å². The highest BCUT2D eigenvalue weighted by Gasteiger charge is 2.02. The number of rotatable bonds is 2. The third-order valence-corrected chi connectivity index (χ3v) is 1.27. The fourth-order valence-corrected chi connectivity index (χ4v) is 0.777. The van der Waals surface area contributed by atoms with Gasteiger partial charge in [-0.25, -0.2) is 9.37 Å². The first-order valence-corrected chi connectivity index (χ1v) is 3.18. The number of pyridine rings is 1. The van der Waals surface area contributed by atoms with Gasteiger partial charge in [-0.3, -0.25) is 0 Å². The van der Waals surface area contributed by atoms with Crippen LogP contribution in [0.15, 0.2) is 12.3 Å². The molecule has 0 saturated heterocycles. The Morgan fingerprint density at radius 3 is 2.91 bits per heavy atom. The number of hydrogen-bond acceptors (Lipinski definition) is 2. The van der Waals surface area contributed by atoms with Crippen molar-refractivity contribution in [1.82, 2.24) is 10.3 Å². The lowest BCUT2D eigenvalue weighted by Crippen LogP contribution is -2.07. The largest absolute Gasteiger partial charge is 0.316 e. The summed E-state index contributed by atoms with van der Waals surface area (Å²) >= 11 is 0. The SMILES string of the molecule is CNCc1cc(F)ncc1F. The second kappa shape index (κ2) is 3.39. The van der Waals surface area contributed by atoms with E-state index in [1.165, 1.54) is 0 Å². The predicted molar refractivity (Wildman–Crippen MR) is 36.9 cm³/mol. The standard InChI is InChI=1S/C7H8F2N2/c1-10-3-5-2-7(9)11-4-6(5)8/h2,4,10H,3H2,1H3. The first kappa shape index (κ1) is 8.07. The van der Waals surface area contributed by atoms with Gasteiger partial charge in [0, 0.05) is 18.2 Å². The van der Waals surface area contributed by atoms with Gasteiger partial charge in [-0.2, -0.15) is 4.39 Å². The molecule has 2 nitrogen and oxygen atoms in total. The molecule has 11 heavy (non-hydrogen) atoms. The normalized spacial score (nSPS) is 10.1. The molecule has 0 radical (unpaired) electrons. The Hall–Kier alpha value is -1.03. The van der Waals surface area contributed by atoms with Crippen LogP contribution in [0, 0.1) is 11.8 Å². The fourth-order valence-electron chi connectivity index (χ4n) is 0.777. The molecular formula is C7H8F2N2. The van der Waals surface area contributed by atoms with Crippen LogP contribution < -0.4 is 5.32 Å².